The highest BCUT2D eigenvalue weighted by Gasteiger charge is 2.25. The summed E-state index contributed by atoms with van der Waals surface area (Å²) in [5.41, 5.74) is 2.41. The predicted molar refractivity (Wildman–Crippen MR) is 135 cm³/mol. The van der Waals surface area contributed by atoms with Gasteiger partial charge in [-0.1, -0.05) is 19.1 Å². The van der Waals surface area contributed by atoms with E-state index in [9.17, 15) is 13.2 Å². The number of amides is 1. The third kappa shape index (κ3) is 6.34. The highest BCUT2D eigenvalue weighted by Crippen LogP contribution is 2.33. The number of nitrogens with zero attached hydrogens (tertiary/aromatic N) is 2. The first-order valence-corrected chi connectivity index (χ1v) is 13.3. The molecular weight excluding hydrogens is 454 g/mol. The van der Waals surface area contributed by atoms with E-state index in [1.54, 1.807) is 18.2 Å². The van der Waals surface area contributed by atoms with Gasteiger partial charge in [0.15, 0.2) is 0 Å². The van der Waals surface area contributed by atoms with Crippen LogP contribution in [0.2, 0.25) is 0 Å². The summed E-state index contributed by atoms with van der Waals surface area (Å²) in [5.74, 6) is 1.18. The molecule has 3 rings (SSSR count). The Labute approximate surface area is 202 Å². The van der Waals surface area contributed by atoms with Crippen molar-refractivity contribution in [1.29, 1.82) is 0 Å². The summed E-state index contributed by atoms with van der Waals surface area (Å²) >= 11 is 0. The van der Waals surface area contributed by atoms with Crippen LogP contribution in [0.3, 0.4) is 0 Å². The van der Waals surface area contributed by atoms with Gasteiger partial charge in [-0.2, -0.15) is 0 Å². The normalized spacial score (nSPS) is 15.5. The van der Waals surface area contributed by atoms with E-state index in [0.717, 1.165) is 35.1 Å². The Kier molecular flexibility index (Phi) is 8.30. The third-order valence-corrected chi connectivity index (χ3v) is 7.39. The number of sulfonamides is 1. The maximum atomic E-state index is 12.8. The van der Waals surface area contributed by atoms with Gasteiger partial charge in [0.2, 0.25) is 15.9 Å². The zero-order valence-electron chi connectivity index (χ0n) is 20.6. The zero-order chi connectivity index (χ0) is 24.9. The number of anilines is 2. The van der Waals surface area contributed by atoms with Gasteiger partial charge in [-0.25, -0.2) is 8.42 Å². The number of ether oxygens (including phenoxy) is 2. The van der Waals surface area contributed by atoms with Crippen molar-refractivity contribution in [2.75, 3.05) is 49.3 Å². The van der Waals surface area contributed by atoms with Crippen molar-refractivity contribution in [2.24, 2.45) is 5.92 Å². The summed E-state index contributed by atoms with van der Waals surface area (Å²) in [5, 5.41) is 2.91. The topological polar surface area (TPSA) is 88.2 Å². The Morgan fingerprint density at radius 1 is 1.12 bits per heavy atom. The zero-order valence-corrected chi connectivity index (χ0v) is 21.4. The van der Waals surface area contributed by atoms with Crippen LogP contribution in [-0.4, -0.2) is 54.4 Å². The molecule has 1 fully saturated rings. The summed E-state index contributed by atoms with van der Waals surface area (Å²) in [4.78, 5) is 15.2. The van der Waals surface area contributed by atoms with E-state index in [1.165, 1.54) is 32.7 Å². The number of piperidine rings is 1. The first-order valence-electron chi connectivity index (χ1n) is 11.5. The van der Waals surface area contributed by atoms with E-state index in [4.69, 9.17) is 9.47 Å². The molecule has 1 N–H and O–H groups in total. The third-order valence-electron chi connectivity index (χ3n) is 6.26. The Morgan fingerprint density at radius 3 is 2.32 bits per heavy atom. The Morgan fingerprint density at radius 2 is 1.76 bits per heavy atom. The van der Waals surface area contributed by atoms with Crippen LogP contribution in [-0.2, 0) is 14.8 Å². The molecule has 1 heterocycles. The van der Waals surface area contributed by atoms with Crippen molar-refractivity contribution in [1.82, 2.24) is 5.32 Å². The Bertz CT molecular complexity index is 1080. The van der Waals surface area contributed by atoms with Gasteiger partial charge < -0.3 is 19.7 Å². The fourth-order valence-corrected chi connectivity index (χ4v) is 4.97. The van der Waals surface area contributed by atoms with Gasteiger partial charge in [-0.15, -0.1) is 0 Å². The molecule has 1 aliphatic rings. The number of methoxy groups -OCH3 is 2. The van der Waals surface area contributed by atoms with Crippen molar-refractivity contribution in [3.63, 3.8) is 0 Å². The van der Waals surface area contributed by atoms with E-state index in [0.29, 0.717) is 11.5 Å². The van der Waals surface area contributed by atoms with Crippen molar-refractivity contribution >= 4 is 27.3 Å². The summed E-state index contributed by atoms with van der Waals surface area (Å²) in [6, 6.07) is 12.7. The first kappa shape index (κ1) is 25.7. The van der Waals surface area contributed by atoms with E-state index in [1.807, 2.05) is 19.1 Å². The lowest BCUT2D eigenvalue weighted by molar-refractivity contribution is -0.120. The van der Waals surface area contributed by atoms with E-state index >= 15 is 0 Å². The van der Waals surface area contributed by atoms with Crippen LogP contribution >= 0.6 is 0 Å². The molecule has 2 aromatic carbocycles. The summed E-state index contributed by atoms with van der Waals surface area (Å²) in [6.07, 6.45) is 3.46. The SMILES string of the molecule is COc1ccc(N(CC(=O)NC(C)c2ccc(N3CCC(C)CC3)cc2)S(C)(=O)=O)c(OC)c1. The van der Waals surface area contributed by atoms with Crippen LogP contribution in [0.4, 0.5) is 11.4 Å². The Balaban J connectivity index is 1.69. The number of nitrogens with one attached hydrogen (secondary N) is 1. The maximum Gasteiger partial charge on any atom is 0.241 e. The summed E-state index contributed by atoms with van der Waals surface area (Å²) in [6.45, 7) is 5.93. The number of rotatable bonds is 9. The molecule has 1 amide bonds. The molecular formula is C25H35N3O5S. The molecule has 34 heavy (non-hydrogen) atoms. The van der Waals surface area contributed by atoms with Crippen molar-refractivity contribution in [3.8, 4) is 11.5 Å². The second-order valence-corrected chi connectivity index (χ2v) is 10.8. The molecule has 0 radical (unpaired) electrons. The van der Waals surface area contributed by atoms with Crippen LogP contribution < -0.4 is 24.0 Å². The van der Waals surface area contributed by atoms with E-state index in [-0.39, 0.29) is 18.3 Å². The number of hydrogen-bond acceptors (Lipinski definition) is 6. The molecule has 0 bridgehead atoms. The summed E-state index contributed by atoms with van der Waals surface area (Å²) in [7, 11) is -0.791. The average Bonchev–Trinajstić information content (AvgIpc) is 2.82. The monoisotopic (exact) mass is 489 g/mol. The van der Waals surface area contributed by atoms with Gasteiger partial charge in [0.1, 0.15) is 18.0 Å². The van der Waals surface area contributed by atoms with Gasteiger partial charge >= 0.3 is 0 Å². The lowest BCUT2D eigenvalue weighted by Gasteiger charge is -2.32. The minimum atomic E-state index is -3.74. The van der Waals surface area contributed by atoms with Crippen LogP contribution in [0.25, 0.3) is 0 Å². The molecule has 1 saturated heterocycles. The second kappa shape index (κ2) is 11.0. The van der Waals surface area contributed by atoms with Gasteiger partial charge in [0, 0.05) is 24.8 Å². The molecule has 1 aliphatic heterocycles. The quantitative estimate of drug-likeness (QED) is 0.579. The lowest BCUT2D eigenvalue weighted by Crippen LogP contribution is -2.41. The predicted octanol–water partition coefficient (Wildman–Crippen LogP) is 3.58. The van der Waals surface area contributed by atoms with Crippen molar-refractivity contribution in [3.05, 3.63) is 48.0 Å². The highest BCUT2D eigenvalue weighted by molar-refractivity contribution is 7.92. The maximum absolute atomic E-state index is 12.8. The highest BCUT2D eigenvalue weighted by atomic mass is 32.2. The minimum absolute atomic E-state index is 0.272. The molecule has 0 saturated carbocycles. The average molecular weight is 490 g/mol. The van der Waals surface area contributed by atoms with Crippen molar-refractivity contribution in [2.45, 2.75) is 32.7 Å². The van der Waals surface area contributed by atoms with Gasteiger partial charge in [-0.05, 0) is 55.5 Å². The molecule has 1 unspecified atom stereocenters. The molecule has 9 heteroatoms. The number of carbonyl (C=O) groups is 1. The van der Waals surface area contributed by atoms with E-state index < -0.39 is 15.9 Å². The standard InChI is InChI=1S/C25H35N3O5S/c1-18-12-14-27(15-13-18)21-8-6-20(7-9-21)19(2)26-25(29)17-28(34(5,30)31)23-11-10-22(32-3)16-24(23)33-4/h6-11,16,18-19H,12-15,17H2,1-5H3,(H,26,29). The molecule has 186 valence electrons. The fourth-order valence-electron chi connectivity index (χ4n) is 4.11. The molecule has 1 atom stereocenters. The van der Waals surface area contributed by atoms with Crippen molar-refractivity contribution < 1.29 is 22.7 Å². The molecule has 0 aromatic heterocycles. The van der Waals surface area contributed by atoms with Crippen LogP contribution in [0.15, 0.2) is 42.5 Å². The largest absolute Gasteiger partial charge is 0.497 e. The van der Waals surface area contributed by atoms with Crippen LogP contribution in [0, 0.1) is 5.92 Å². The lowest BCUT2D eigenvalue weighted by atomic mass is 9.98. The minimum Gasteiger partial charge on any atom is -0.497 e. The number of hydrogen-bond donors (Lipinski definition) is 1. The summed E-state index contributed by atoms with van der Waals surface area (Å²) < 4.78 is 36.6. The smallest absolute Gasteiger partial charge is 0.241 e. The molecule has 0 aliphatic carbocycles. The van der Waals surface area contributed by atoms with Gasteiger partial charge in [0.25, 0.3) is 0 Å². The molecule has 8 nitrogen and oxygen atoms in total. The first-order chi connectivity index (χ1) is 16.1. The van der Waals surface area contributed by atoms with Gasteiger partial charge in [0.05, 0.1) is 32.2 Å². The fraction of sp³-hybridized carbons (Fsp3) is 0.480. The number of benzene rings is 2. The van der Waals surface area contributed by atoms with Gasteiger partial charge in [-0.3, -0.25) is 9.10 Å². The molecule has 2 aromatic rings. The van der Waals surface area contributed by atoms with E-state index in [2.05, 4.69) is 29.3 Å². The number of carbonyl (C=O) groups excluding carboxylic acids is 1. The van der Waals surface area contributed by atoms with Crippen LogP contribution in [0.1, 0.15) is 38.3 Å². The molecule has 0 spiro atoms. The second-order valence-electron chi connectivity index (χ2n) is 8.86. The Hall–Kier alpha value is -2.94. The van der Waals surface area contributed by atoms with Crippen LogP contribution in [0.5, 0.6) is 11.5 Å².